The number of hydrogen-bond donors (Lipinski definition) is 2. The van der Waals surface area contributed by atoms with Crippen LogP contribution in [0, 0.1) is 5.92 Å². The lowest BCUT2D eigenvalue weighted by atomic mass is 9.93. The lowest BCUT2D eigenvalue weighted by Gasteiger charge is -2.40. The number of ether oxygens (including phenoxy) is 1. The van der Waals surface area contributed by atoms with E-state index in [0.29, 0.717) is 24.1 Å². The first kappa shape index (κ1) is 14.8. The average molecular weight is 282 g/mol. The second kappa shape index (κ2) is 5.91. The van der Waals surface area contributed by atoms with Crippen molar-refractivity contribution in [2.24, 2.45) is 5.92 Å². The van der Waals surface area contributed by atoms with Gasteiger partial charge in [-0.1, -0.05) is 6.92 Å². The van der Waals surface area contributed by atoms with Gasteiger partial charge in [0, 0.05) is 31.3 Å². The lowest BCUT2D eigenvalue weighted by Crippen LogP contribution is -2.51. The third-order valence-corrected chi connectivity index (χ3v) is 5.71. The van der Waals surface area contributed by atoms with E-state index in [9.17, 15) is 5.11 Å². The Morgan fingerprint density at radius 2 is 2.10 bits per heavy atom. The Hall–Kier alpha value is -0.160. The van der Waals surface area contributed by atoms with Crippen LogP contribution in [0.2, 0.25) is 0 Å². The van der Waals surface area contributed by atoms with E-state index < -0.39 is 0 Å². The van der Waals surface area contributed by atoms with Gasteiger partial charge in [-0.05, 0) is 51.0 Å². The standard InChI is InChI=1S/C16H30N2O2/c1-12-6-8-18(10-15(12)20-2)14-5-7-16(9-14,11-19)17-13-3-4-13/h12-15,17,19H,3-11H2,1-2H3. The molecule has 4 heteroatoms. The molecule has 0 aromatic carbocycles. The van der Waals surface area contributed by atoms with Gasteiger partial charge >= 0.3 is 0 Å². The SMILES string of the molecule is COC1CN(C2CCC(CO)(NC3CC3)C2)CCC1C. The first-order chi connectivity index (χ1) is 9.65. The van der Waals surface area contributed by atoms with Crippen molar-refractivity contribution in [1.29, 1.82) is 0 Å². The van der Waals surface area contributed by atoms with Crippen molar-refractivity contribution in [3.63, 3.8) is 0 Å². The molecule has 3 aliphatic rings. The molecule has 0 spiro atoms. The topological polar surface area (TPSA) is 44.7 Å². The van der Waals surface area contributed by atoms with Gasteiger partial charge in [0.15, 0.2) is 0 Å². The molecule has 4 atom stereocenters. The molecule has 0 amide bonds. The van der Waals surface area contributed by atoms with Crippen LogP contribution in [0.1, 0.15) is 45.4 Å². The fraction of sp³-hybridized carbons (Fsp3) is 1.00. The summed E-state index contributed by atoms with van der Waals surface area (Å²) in [5.41, 5.74) is -0.00251. The molecule has 2 aliphatic carbocycles. The monoisotopic (exact) mass is 282 g/mol. The van der Waals surface area contributed by atoms with Crippen molar-refractivity contribution in [3.8, 4) is 0 Å². The highest BCUT2D eigenvalue weighted by molar-refractivity contribution is 5.03. The quantitative estimate of drug-likeness (QED) is 0.799. The maximum atomic E-state index is 9.84. The van der Waals surface area contributed by atoms with Crippen LogP contribution in [-0.4, -0.2) is 60.5 Å². The van der Waals surface area contributed by atoms with Gasteiger partial charge in [-0.15, -0.1) is 0 Å². The van der Waals surface area contributed by atoms with Gasteiger partial charge < -0.3 is 15.2 Å². The number of rotatable bonds is 5. The van der Waals surface area contributed by atoms with E-state index in [1.54, 1.807) is 0 Å². The summed E-state index contributed by atoms with van der Waals surface area (Å²) in [4.78, 5) is 2.61. The Morgan fingerprint density at radius 1 is 1.30 bits per heavy atom. The zero-order chi connectivity index (χ0) is 14.2. The molecule has 1 saturated heterocycles. The van der Waals surface area contributed by atoms with Gasteiger partial charge in [0.25, 0.3) is 0 Å². The second-order valence-corrected chi connectivity index (χ2v) is 7.29. The number of aliphatic hydroxyl groups excluding tert-OH is 1. The molecular formula is C16H30N2O2. The van der Waals surface area contributed by atoms with Crippen LogP contribution >= 0.6 is 0 Å². The van der Waals surface area contributed by atoms with Crippen molar-refractivity contribution in [1.82, 2.24) is 10.2 Å². The van der Waals surface area contributed by atoms with Crippen LogP contribution in [0.3, 0.4) is 0 Å². The van der Waals surface area contributed by atoms with E-state index in [1.807, 2.05) is 7.11 Å². The summed E-state index contributed by atoms with van der Waals surface area (Å²) >= 11 is 0. The average Bonchev–Trinajstić information content (AvgIpc) is 3.17. The van der Waals surface area contributed by atoms with Crippen LogP contribution in [-0.2, 0) is 4.74 Å². The number of methoxy groups -OCH3 is 1. The summed E-state index contributed by atoms with van der Waals surface area (Å²) in [7, 11) is 1.84. The largest absolute Gasteiger partial charge is 0.394 e. The number of piperidine rings is 1. The first-order valence-electron chi connectivity index (χ1n) is 8.31. The molecule has 0 aromatic rings. The third kappa shape index (κ3) is 3.03. The number of aliphatic hydroxyl groups is 1. The summed E-state index contributed by atoms with van der Waals surface area (Å²) < 4.78 is 5.64. The Kier molecular flexibility index (Phi) is 4.37. The van der Waals surface area contributed by atoms with Crippen molar-refractivity contribution in [2.45, 2.75) is 69.2 Å². The van der Waals surface area contributed by atoms with Crippen LogP contribution in [0.5, 0.6) is 0 Å². The Morgan fingerprint density at radius 3 is 2.75 bits per heavy atom. The minimum Gasteiger partial charge on any atom is -0.394 e. The van der Waals surface area contributed by atoms with Crippen LogP contribution in [0.25, 0.3) is 0 Å². The third-order valence-electron chi connectivity index (χ3n) is 5.71. The molecule has 4 nitrogen and oxygen atoms in total. The van der Waals surface area contributed by atoms with E-state index >= 15 is 0 Å². The molecule has 1 aliphatic heterocycles. The maximum Gasteiger partial charge on any atom is 0.0724 e. The maximum absolute atomic E-state index is 9.84. The smallest absolute Gasteiger partial charge is 0.0724 e. The summed E-state index contributed by atoms with van der Waals surface area (Å²) in [5.74, 6) is 0.671. The number of likely N-dealkylation sites (tertiary alicyclic amines) is 1. The van der Waals surface area contributed by atoms with Gasteiger partial charge in [-0.2, -0.15) is 0 Å². The highest BCUT2D eigenvalue weighted by atomic mass is 16.5. The zero-order valence-electron chi connectivity index (χ0n) is 13.0. The normalized spacial score (nSPS) is 43.0. The predicted molar refractivity (Wildman–Crippen MR) is 79.8 cm³/mol. The molecule has 20 heavy (non-hydrogen) atoms. The Balaban J connectivity index is 1.58. The van der Waals surface area contributed by atoms with Crippen LogP contribution in [0.4, 0.5) is 0 Å². The summed E-state index contributed by atoms with van der Waals surface area (Å²) in [6, 6.07) is 1.30. The molecule has 4 unspecified atom stereocenters. The molecule has 0 bridgehead atoms. The highest BCUT2D eigenvalue weighted by Gasteiger charge is 2.44. The van der Waals surface area contributed by atoms with E-state index in [1.165, 1.54) is 32.2 Å². The van der Waals surface area contributed by atoms with Crippen molar-refractivity contribution in [2.75, 3.05) is 26.8 Å². The van der Waals surface area contributed by atoms with E-state index in [0.717, 1.165) is 19.4 Å². The molecule has 0 aromatic heterocycles. The van der Waals surface area contributed by atoms with Crippen molar-refractivity contribution < 1.29 is 9.84 Å². The van der Waals surface area contributed by atoms with Crippen LogP contribution < -0.4 is 5.32 Å². The van der Waals surface area contributed by atoms with Crippen molar-refractivity contribution >= 4 is 0 Å². The Labute approximate surface area is 122 Å². The van der Waals surface area contributed by atoms with E-state index in [2.05, 4.69) is 17.1 Å². The fourth-order valence-corrected chi connectivity index (χ4v) is 4.09. The van der Waals surface area contributed by atoms with E-state index in [-0.39, 0.29) is 12.1 Å². The molecule has 2 N–H and O–H groups in total. The molecule has 1 heterocycles. The zero-order valence-corrected chi connectivity index (χ0v) is 13.0. The fourth-order valence-electron chi connectivity index (χ4n) is 4.09. The molecule has 3 fully saturated rings. The van der Waals surface area contributed by atoms with Gasteiger partial charge in [-0.3, -0.25) is 4.90 Å². The minimum atomic E-state index is -0.00251. The van der Waals surface area contributed by atoms with Crippen molar-refractivity contribution in [3.05, 3.63) is 0 Å². The van der Waals surface area contributed by atoms with Gasteiger partial charge in [0.05, 0.1) is 12.7 Å². The molecule has 116 valence electrons. The molecule has 3 rings (SSSR count). The summed E-state index contributed by atoms with van der Waals surface area (Å²) in [6.07, 6.45) is 7.63. The number of nitrogens with one attached hydrogen (secondary N) is 1. The molecule has 2 saturated carbocycles. The van der Waals surface area contributed by atoms with Crippen LogP contribution in [0.15, 0.2) is 0 Å². The van der Waals surface area contributed by atoms with Gasteiger partial charge in [-0.25, -0.2) is 0 Å². The number of nitrogens with zero attached hydrogens (tertiary/aromatic N) is 1. The first-order valence-corrected chi connectivity index (χ1v) is 8.31. The summed E-state index contributed by atoms with van der Waals surface area (Å²) in [5, 5.41) is 13.6. The number of hydrogen-bond acceptors (Lipinski definition) is 4. The minimum absolute atomic E-state index is 0.00251. The molecule has 0 radical (unpaired) electrons. The molecular weight excluding hydrogens is 252 g/mol. The predicted octanol–water partition coefficient (Wildman–Crippen LogP) is 1.38. The lowest BCUT2D eigenvalue weighted by molar-refractivity contribution is -0.0196. The summed E-state index contributed by atoms with van der Waals surface area (Å²) in [6.45, 7) is 4.84. The Bertz CT molecular complexity index is 334. The highest BCUT2D eigenvalue weighted by Crippen LogP contribution is 2.37. The second-order valence-electron chi connectivity index (χ2n) is 7.29. The van der Waals surface area contributed by atoms with Gasteiger partial charge in [0.2, 0.25) is 0 Å². The van der Waals surface area contributed by atoms with Gasteiger partial charge in [0.1, 0.15) is 0 Å². The van der Waals surface area contributed by atoms with E-state index in [4.69, 9.17) is 4.74 Å².